The summed E-state index contributed by atoms with van der Waals surface area (Å²) in [4.78, 5) is 11.0. The number of nitrogens with zero attached hydrogens (tertiary/aromatic N) is 4. The molecule has 0 aliphatic carbocycles. The van der Waals surface area contributed by atoms with Crippen molar-refractivity contribution in [3.63, 3.8) is 0 Å². The van der Waals surface area contributed by atoms with Crippen molar-refractivity contribution in [3.05, 3.63) is 49.1 Å². The fourth-order valence-corrected chi connectivity index (χ4v) is 2.36. The van der Waals surface area contributed by atoms with Gasteiger partial charge in [-0.05, 0) is 24.6 Å². The molecule has 3 rings (SSSR count). The van der Waals surface area contributed by atoms with E-state index < -0.39 is 0 Å². The van der Waals surface area contributed by atoms with Crippen molar-refractivity contribution in [2.45, 2.75) is 13.3 Å². The van der Waals surface area contributed by atoms with Gasteiger partial charge in [-0.3, -0.25) is 0 Å². The number of benzene rings is 1. The summed E-state index contributed by atoms with van der Waals surface area (Å²) in [6, 6.07) is 8.33. The van der Waals surface area contributed by atoms with Crippen molar-refractivity contribution in [2.24, 2.45) is 0 Å². The average molecular weight is 281 g/mol. The predicted molar refractivity (Wildman–Crippen MR) is 86.3 cm³/mol. The first-order valence-electron chi connectivity index (χ1n) is 7.14. The number of anilines is 3. The summed E-state index contributed by atoms with van der Waals surface area (Å²) in [6.45, 7) is 3.22. The van der Waals surface area contributed by atoms with Crippen LogP contribution < -0.4 is 10.2 Å². The fraction of sp³-hybridized carbons (Fsp3) is 0.250. The van der Waals surface area contributed by atoms with E-state index in [-0.39, 0.29) is 0 Å². The van der Waals surface area contributed by atoms with Crippen LogP contribution in [0.4, 0.5) is 17.2 Å². The molecule has 3 aromatic rings. The van der Waals surface area contributed by atoms with Crippen molar-refractivity contribution in [1.82, 2.24) is 14.4 Å². The maximum absolute atomic E-state index is 4.38. The van der Waals surface area contributed by atoms with Crippen LogP contribution in [-0.2, 0) is 0 Å². The number of fused-ring (bicyclic) bond motifs is 1. The zero-order valence-electron chi connectivity index (χ0n) is 12.3. The summed E-state index contributed by atoms with van der Waals surface area (Å²) in [7, 11) is 2.11. The van der Waals surface area contributed by atoms with Gasteiger partial charge in [0.05, 0.1) is 0 Å². The second kappa shape index (κ2) is 5.83. The second-order valence-corrected chi connectivity index (χ2v) is 5.03. The fourth-order valence-electron chi connectivity index (χ4n) is 2.36. The van der Waals surface area contributed by atoms with Gasteiger partial charge in [0.25, 0.3) is 0 Å². The lowest BCUT2D eigenvalue weighted by atomic mass is 10.2. The molecule has 0 amide bonds. The van der Waals surface area contributed by atoms with Crippen molar-refractivity contribution in [3.8, 4) is 0 Å². The van der Waals surface area contributed by atoms with Gasteiger partial charge in [0.1, 0.15) is 0 Å². The molecule has 0 radical (unpaired) electrons. The zero-order chi connectivity index (χ0) is 14.7. The van der Waals surface area contributed by atoms with Gasteiger partial charge in [-0.25, -0.2) is 9.97 Å². The van der Waals surface area contributed by atoms with E-state index in [1.54, 1.807) is 12.4 Å². The SMILES string of the molecule is CCCN(C)c1cccc(Nc2nccn3ccnc23)c1. The van der Waals surface area contributed by atoms with Crippen LogP contribution in [-0.4, -0.2) is 28.0 Å². The minimum atomic E-state index is 0.762. The third kappa shape index (κ3) is 2.81. The monoisotopic (exact) mass is 281 g/mol. The van der Waals surface area contributed by atoms with E-state index in [9.17, 15) is 0 Å². The van der Waals surface area contributed by atoms with Crippen LogP contribution in [0.25, 0.3) is 5.65 Å². The van der Waals surface area contributed by atoms with Gasteiger partial charge in [0.2, 0.25) is 0 Å². The van der Waals surface area contributed by atoms with E-state index in [1.165, 1.54) is 5.69 Å². The highest BCUT2D eigenvalue weighted by Gasteiger charge is 2.05. The number of nitrogens with one attached hydrogen (secondary N) is 1. The summed E-state index contributed by atoms with van der Waals surface area (Å²) in [5.41, 5.74) is 3.03. The van der Waals surface area contributed by atoms with Gasteiger partial charge in [0.15, 0.2) is 11.5 Å². The summed E-state index contributed by atoms with van der Waals surface area (Å²) in [5, 5.41) is 3.35. The molecule has 2 aromatic heterocycles. The number of hydrogen-bond acceptors (Lipinski definition) is 4. The first kappa shape index (κ1) is 13.4. The maximum atomic E-state index is 4.38. The molecular weight excluding hydrogens is 262 g/mol. The van der Waals surface area contributed by atoms with Crippen LogP contribution in [0.3, 0.4) is 0 Å². The lowest BCUT2D eigenvalue weighted by Crippen LogP contribution is -2.17. The predicted octanol–water partition coefficient (Wildman–Crippen LogP) is 3.32. The molecule has 0 aliphatic heterocycles. The summed E-state index contributed by atoms with van der Waals surface area (Å²) < 4.78 is 1.95. The molecule has 0 saturated heterocycles. The third-order valence-electron chi connectivity index (χ3n) is 3.42. The molecule has 0 unspecified atom stereocenters. The number of aromatic nitrogens is 3. The molecule has 2 heterocycles. The highest BCUT2D eigenvalue weighted by molar-refractivity contribution is 5.71. The molecule has 0 aliphatic rings. The Balaban J connectivity index is 1.88. The molecule has 5 heteroatoms. The molecule has 0 fully saturated rings. The molecule has 21 heavy (non-hydrogen) atoms. The van der Waals surface area contributed by atoms with E-state index in [1.807, 2.05) is 22.9 Å². The lowest BCUT2D eigenvalue weighted by Gasteiger charge is -2.19. The van der Waals surface area contributed by atoms with Crippen molar-refractivity contribution in [1.29, 1.82) is 0 Å². The molecule has 0 spiro atoms. The Labute approximate surface area is 124 Å². The third-order valence-corrected chi connectivity index (χ3v) is 3.42. The zero-order valence-corrected chi connectivity index (χ0v) is 12.3. The van der Waals surface area contributed by atoms with Crippen LogP contribution >= 0.6 is 0 Å². The smallest absolute Gasteiger partial charge is 0.180 e. The van der Waals surface area contributed by atoms with Crippen LogP contribution in [0.15, 0.2) is 49.1 Å². The highest BCUT2D eigenvalue weighted by atomic mass is 15.1. The number of rotatable bonds is 5. The molecule has 1 aromatic carbocycles. The number of imidazole rings is 1. The molecule has 1 N–H and O–H groups in total. The van der Waals surface area contributed by atoms with E-state index in [2.05, 4.69) is 52.4 Å². The molecule has 0 saturated carbocycles. The van der Waals surface area contributed by atoms with E-state index >= 15 is 0 Å². The van der Waals surface area contributed by atoms with Crippen molar-refractivity contribution in [2.75, 3.05) is 23.8 Å². The standard InChI is InChI=1S/C16H19N5/c1-3-9-20(2)14-6-4-5-13(12-14)19-15-16-18-8-11-21(16)10-7-17-15/h4-8,10-12H,3,9H2,1-2H3,(H,17,19). The second-order valence-electron chi connectivity index (χ2n) is 5.03. The first-order chi connectivity index (χ1) is 10.3. The molecular formula is C16H19N5. The largest absolute Gasteiger partial charge is 0.375 e. The first-order valence-corrected chi connectivity index (χ1v) is 7.14. The molecule has 0 bridgehead atoms. The minimum absolute atomic E-state index is 0.762. The summed E-state index contributed by atoms with van der Waals surface area (Å²) in [5.74, 6) is 0.762. The van der Waals surface area contributed by atoms with Gasteiger partial charge in [-0.2, -0.15) is 0 Å². The van der Waals surface area contributed by atoms with Crippen LogP contribution in [0, 0.1) is 0 Å². The van der Waals surface area contributed by atoms with Gasteiger partial charge < -0.3 is 14.6 Å². The Bertz CT molecular complexity index is 734. The number of hydrogen-bond donors (Lipinski definition) is 1. The molecule has 0 atom stereocenters. The topological polar surface area (TPSA) is 45.5 Å². The van der Waals surface area contributed by atoms with Crippen molar-refractivity contribution >= 4 is 22.8 Å². The molecule has 5 nitrogen and oxygen atoms in total. The van der Waals surface area contributed by atoms with Gasteiger partial charge in [-0.1, -0.05) is 13.0 Å². The Hall–Kier alpha value is -2.56. The van der Waals surface area contributed by atoms with Gasteiger partial charge in [-0.15, -0.1) is 0 Å². The average Bonchev–Trinajstić information content (AvgIpc) is 2.97. The Morgan fingerprint density at radius 3 is 2.81 bits per heavy atom. The van der Waals surface area contributed by atoms with E-state index in [0.29, 0.717) is 0 Å². The Kier molecular flexibility index (Phi) is 3.73. The molecule has 108 valence electrons. The van der Waals surface area contributed by atoms with Crippen LogP contribution in [0.5, 0.6) is 0 Å². The normalized spacial score (nSPS) is 10.8. The summed E-state index contributed by atoms with van der Waals surface area (Å²) >= 11 is 0. The van der Waals surface area contributed by atoms with Crippen molar-refractivity contribution < 1.29 is 0 Å². The van der Waals surface area contributed by atoms with Gasteiger partial charge >= 0.3 is 0 Å². The van der Waals surface area contributed by atoms with Crippen LogP contribution in [0.1, 0.15) is 13.3 Å². The van der Waals surface area contributed by atoms with E-state index in [4.69, 9.17) is 0 Å². The highest BCUT2D eigenvalue weighted by Crippen LogP contribution is 2.22. The van der Waals surface area contributed by atoms with E-state index in [0.717, 1.165) is 30.1 Å². The van der Waals surface area contributed by atoms with Crippen LogP contribution in [0.2, 0.25) is 0 Å². The maximum Gasteiger partial charge on any atom is 0.180 e. The lowest BCUT2D eigenvalue weighted by molar-refractivity contribution is 0.852. The minimum Gasteiger partial charge on any atom is -0.375 e. The summed E-state index contributed by atoms with van der Waals surface area (Å²) in [6.07, 6.45) is 8.47. The van der Waals surface area contributed by atoms with Gasteiger partial charge in [0, 0.05) is 49.8 Å². The Morgan fingerprint density at radius 1 is 1.19 bits per heavy atom. The Morgan fingerprint density at radius 2 is 2.00 bits per heavy atom. The quantitative estimate of drug-likeness (QED) is 0.779.